The van der Waals surface area contributed by atoms with Gasteiger partial charge in [0.25, 0.3) is 0 Å². The van der Waals surface area contributed by atoms with Crippen LogP contribution < -0.4 is 0 Å². The SMILES string of the molecule is COC(=O)[C@@H]1CN(Cc2ccccc2)CN1C(=O)[C@@H](CC(=O)OC1CCCC1)C(C)(C)C. The molecule has 7 nitrogen and oxygen atoms in total. The fourth-order valence-corrected chi connectivity index (χ4v) is 4.60. The molecular formula is C25H36N2O5. The summed E-state index contributed by atoms with van der Waals surface area (Å²) in [4.78, 5) is 42.5. The van der Waals surface area contributed by atoms with Crippen molar-refractivity contribution < 1.29 is 23.9 Å². The Hall–Kier alpha value is -2.41. The van der Waals surface area contributed by atoms with Gasteiger partial charge in [-0.05, 0) is 36.7 Å². The number of hydrogen-bond acceptors (Lipinski definition) is 6. The number of carbonyl (C=O) groups is 3. The molecule has 2 fully saturated rings. The molecule has 2 atom stereocenters. The van der Waals surface area contributed by atoms with Crippen LogP contribution in [0.2, 0.25) is 0 Å². The van der Waals surface area contributed by atoms with Gasteiger partial charge in [-0.3, -0.25) is 14.5 Å². The molecule has 1 aromatic rings. The Labute approximate surface area is 191 Å². The first-order valence-electron chi connectivity index (χ1n) is 11.5. The van der Waals surface area contributed by atoms with Crippen LogP contribution >= 0.6 is 0 Å². The first-order chi connectivity index (χ1) is 15.2. The van der Waals surface area contributed by atoms with Crippen molar-refractivity contribution in [3.8, 4) is 0 Å². The summed E-state index contributed by atoms with van der Waals surface area (Å²) in [6.07, 6.45) is 3.92. The van der Waals surface area contributed by atoms with Gasteiger partial charge in [-0.25, -0.2) is 4.79 Å². The number of esters is 2. The number of methoxy groups -OCH3 is 1. The minimum Gasteiger partial charge on any atom is -0.467 e. The number of ether oxygens (including phenoxy) is 2. The molecule has 0 aromatic heterocycles. The summed E-state index contributed by atoms with van der Waals surface area (Å²) in [7, 11) is 1.34. The third-order valence-corrected chi connectivity index (χ3v) is 6.48. The lowest BCUT2D eigenvalue weighted by Gasteiger charge is -2.34. The van der Waals surface area contributed by atoms with Crippen LogP contribution in [0.4, 0.5) is 0 Å². The van der Waals surface area contributed by atoms with E-state index in [0.29, 0.717) is 19.8 Å². The largest absolute Gasteiger partial charge is 0.467 e. The highest BCUT2D eigenvalue weighted by Gasteiger charge is 2.45. The molecule has 0 spiro atoms. The van der Waals surface area contributed by atoms with Crippen molar-refractivity contribution in [3.05, 3.63) is 35.9 Å². The second-order valence-electron chi connectivity index (χ2n) is 10.0. The Morgan fingerprint density at radius 1 is 1.09 bits per heavy atom. The summed E-state index contributed by atoms with van der Waals surface area (Å²) >= 11 is 0. The number of nitrogens with zero attached hydrogens (tertiary/aromatic N) is 2. The summed E-state index contributed by atoms with van der Waals surface area (Å²) < 4.78 is 10.6. The molecule has 1 aliphatic heterocycles. The van der Waals surface area contributed by atoms with Crippen LogP contribution in [0.3, 0.4) is 0 Å². The molecule has 7 heteroatoms. The zero-order chi connectivity index (χ0) is 23.3. The Bertz CT molecular complexity index is 798. The van der Waals surface area contributed by atoms with Gasteiger partial charge in [-0.15, -0.1) is 0 Å². The molecule has 0 bridgehead atoms. The first-order valence-corrected chi connectivity index (χ1v) is 11.5. The fourth-order valence-electron chi connectivity index (χ4n) is 4.60. The lowest BCUT2D eigenvalue weighted by atomic mass is 9.77. The monoisotopic (exact) mass is 444 g/mol. The van der Waals surface area contributed by atoms with Crippen LogP contribution in [0.25, 0.3) is 0 Å². The van der Waals surface area contributed by atoms with Crippen LogP contribution in [0.15, 0.2) is 30.3 Å². The minimum atomic E-state index is -0.688. The molecule has 1 amide bonds. The van der Waals surface area contributed by atoms with E-state index >= 15 is 0 Å². The summed E-state index contributed by atoms with van der Waals surface area (Å²) in [6.45, 7) is 7.19. The number of hydrogen-bond donors (Lipinski definition) is 0. The van der Waals surface area contributed by atoms with Gasteiger partial charge in [0.15, 0.2) is 0 Å². The zero-order valence-electron chi connectivity index (χ0n) is 19.7. The van der Waals surface area contributed by atoms with E-state index in [1.54, 1.807) is 4.90 Å². The molecule has 0 unspecified atom stereocenters. The summed E-state index contributed by atoms with van der Waals surface area (Å²) in [5.74, 6) is -1.55. The highest BCUT2D eigenvalue weighted by molar-refractivity contribution is 5.89. The molecule has 1 heterocycles. The second-order valence-corrected chi connectivity index (χ2v) is 10.0. The molecule has 1 aromatic carbocycles. The van der Waals surface area contributed by atoms with Crippen LogP contribution in [0, 0.1) is 11.3 Å². The second kappa shape index (κ2) is 10.5. The van der Waals surface area contributed by atoms with Crippen molar-refractivity contribution in [1.29, 1.82) is 0 Å². The molecule has 1 saturated heterocycles. The van der Waals surface area contributed by atoms with E-state index in [4.69, 9.17) is 9.47 Å². The topological polar surface area (TPSA) is 76.2 Å². The van der Waals surface area contributed by atoms with E-state index in [2.05, 4.69) is 4.90 Å². The number of benzene rings is 1. The Morgan fingerprint density at radius 3 is 2.34 bits per heavy atom. The van der Waals surface area contributed by atoms with Gasteiger partial charge < -0.3 is 14.4 Å². The molecule has 32 heavy (non-hydrogen) atoms. The first kappa shape index (κ1) is 24.2. The quantitative estimate of drug-likeness (QED) is 0.600. The van der Waals surface area contributed by atoms with Crippen molar-refractivity contribution in [2.75, 3.05) is 20.3 Å². The van der Waals surface area contributed by atoms with Gasteiger partial charge in [0.2, 0.25) is 5.91 Å². The van der Waals surface area contributed by atoms with E-state index in [0.717, 1.165) is 31.2 Å². The maximum atomic E-state index is 13.7. The summed E-state index contributed by atoms with van der Waals surface area (Å²) in [6, 6.07) is 9.25. The molecule has 1 aliphatic carbocycles. The zero-order valence-corrected chi connectivity index (χ0v) is 19.7. The molecule has 176 valence electrons. The van der Waals surface area contributed by atoms with Gasteiger partial charge in [0.1, 0.15) is 12.1 Å². The lowest BCUT2D eigenvalue weighted by molar-refractivity contribution is -0.158. The van der Waals surface area contributed by atoms with Crippen molar-refractivity contribution >= 4 is 17.8 Å². The van der Waals surface area contributed by atoms with E-state index in [1.165, 1.54) is 7.11 Å². The maximum Gasteiger partial charge on any atom is 0.329 e. The van der Waals surface area contributed by atoms with Crippen LogP contribution in [0.5, 0.6) is 0 Å². The van der Waals surface area contributed by atoms with E-state index in [1.807, 2.05) is 51.1 Å². The highest BCUT2D eigenvalue weighted by Crippen LogP contribution is 2.34. The van der Waals surface area contributed by atoms with Crippen molar-refractivity contribution in [3.63, 3.8) is 0 Å². The summed E-state index contributed by atoms with van der Waals surface area (Å²) in [5.41, 5.74) is 0.650. The molecule has 0 radical (unpaired) electrons. The number of amides is 1. The van der Waals surface area contributed by atoms with Crippen molar-refractivity contribution in [1.82, 2.24) is 9.80 Å². The van der Waals surface area contributed by atoms with Gasteiger partial charge in [-0.1, -0.05) is 51.1 Å². The van der Waals surface area contributed by atoms with Crippen LogP contribution in [-0.4, -0.2) is 60.1 Å². The van der Waals surface area contributed by atoms with Gasteiger partial charge in [-0.2, -0.15) is 0 Å². The third-order valence-electron chi connectivity index (χ3n) is 6.48. The van der Waals surface area contributed by atoms with E-state index in [9.17, 15) is 14.4 Å². The van der Waals surface area contributed by atoms with E-state index < -0.39 is 23.3 Å². The molecule has 2 aliphatic rings. The lowest BCUT2D eigenvalue weighted by Crippen LogP contribution is -2.48. The summed E-state index contributed by atoms with van der Waals surface area (Å²) in [5, 5.41) is 0. The molecule has 1 saturated carbocycles. The average molecular weight is 445 g/mol. The predicted molar refractivity (Wildman–Crippen MR) is 120 cm³/mol. The maximum absolute atomic E-state index is 13.7. The van der Waals surface area contributed by atoms with Gasteiger partial charge in [0, 0.05) is 13.1 Å². The Morgan fingerprint density at radius 2 is 1.75 bits per heavy atom. The van der Waals surface area contributed by atoms with Crippen LogP contribution in [0.1, 0.15) is 58.4 Å². The minimum absolute atomic E-state index is 0.0158. The smallest absolute Gasteiger partial charge is 0.329 e. The number of rotatable bonds is 7. The van der Waals surface area contributed by atoms with Gasteiger partial charge >= 0.3 is 11.9 Å². The standard InChI is InChI=1S/C25H36N2O5/c1-25(2,3)20(14-22(28)32-19-12-8-9-13-19)23(29)27-17-26(16-21(27)24(30)31-4)15-18-10-6-5-7-11-18/h5-7,10-11,19-21H,8-9,12-17H2,1-4H3/t20-,21+/m1/s1. The number of carbonyl (C=O) groups excluding carboxylic acids is 3. The fraction of sp³-hybridized carbons (Fsp3) is 0.640. The molecule has 0 N–H and O–H groups in total. The van der Waals surface area contributed by atoms with E-state index in [-0.39, 0.29) is 24.4 Å². The average Bonchev–Trinajstić information content (AvgIpc) is 3.41. The van der Waals surface area contributed by atoms with Gasteiger partial charge in [0.05, 0.1) is 26.1 Å². The van der Waals surface area contributed by atoms with Crippen molar-refractivity contribution in [2.45, 2.75) is 71.6 Å². The third kappa shape index (κ3) is 6.09. The molecular weight excluding hydrogens is 408 g/mol. The Balaban J connectivity index is 1.74. The Kier molecular flexibility index (Phi) is 7.93. The molecule has 3 rings (SSSR count). The van der Waals surface area contributed by atoms with Crippen molar-refractivity contribution in [2.24, 2.45) is 11.3 Å². The normalized spacial score (nSPS) is 20.9. The van der Waals surface area contributed by atoms with Crippen LogP contribution in [-0.2, 0) is 30.4 Å². The predicted octanol–water partition coefficient (Wildman–Crippen LogP) is 3.37. The highest BCUT2D eigenvalue weighted by atomic mass is 16.5.